The van der Waals surface area contributed by atoms with Gasteiger partial charge >= 0.3 is 0 Å². The van der Waals surface area contributed by atoms with E-state index in [1.165, 1.54) is 12.0 Å². The second kappa shape index (κ2) is 5.14. The number of amides is 1. The summed E-state index contributed by atoms with van der Waals surface area (Å²) in [5, 5.41) is 6.29. The summed E-state index contributed by atoms with van der Waals surface area (Å²) in [6.45, 7) is 1.00. The van der Waals surface area contributed by atoms with Crippen LogP contribution in [-0.2, 0) is 6.42 Å². The Balaban J connectivity index is 1.78. The Kier molecular flexibility index (Phi) is 3.19. The molecule has 96 valence electrons. The van der Waals surface area contributed by atoms with Crippen LogP contribution in [0.2, 0.25) is 0 Å². The Morgan fingerprint density at radius 2 is 1.95 bits per heavy atom. The van der Waals surface area contributed by atoms with E-state index in [9.17, 15) is 4.79 Å². The van der Waals surface area contributed by atoms with Gasteiger partial charge in [0.1, 0.15) is 0 Å². The van der Waals surface area contributed by atoms with Gasteiger partial charge < -0.3 is 10.6 Å². The predicted molar refractivity (Wildman–Crippen MR) is 77.6 cm³/mol. The SMILES string of the molecule is O=C(Nc1ccc2c(c1)NCCC2)c1ccccc1. The van der Waals surface area contributed by atoms with E-state index in [2.05, 4.69) is 16.7 Å². The molecule has 1 aliphatic rings. The molecule has 2 aromatic rings. The Hall–Kier alpha value is -2.29. The molecule has 0 spiro atoms. The Morgan fingerprint density at radius 1 is 1.11 bits per heavy atom. The van der Waals surface area contributed by atoms with E-state index in [0.29, 0.717) is 5.56 Å². The average Bonchev–Trinajstić information content (AvgIpc) is 2.48. The molecule has 3 heteroatoms. The van der Waals surface area contributed by atoms with Crippen LogP contribution >= 0.6 is 0 Å². The molecular formula is C16H16N2O. The monoisotopic (exact) mass is 252 g/mol. The van der Waals surface area contributed by atoms with Crippen LogP contribution < -0.4 is 10.6 Å². The van der Waals surface area contributed by atoms with Crippen LogP contribution in [0.15, 0.2) is 48.5 Å². The van der Waals surface area contributed by atoms with Gasteiger partial charge in [0, 0.05) is 23.5 Å². The lowest BCUT2D eigenvalue weighted by molar-refractivity contribution is 0.102. The molecule has 0 aliphatic carbocycles. The van der Waals surface area contributed by atoms with Gasteiger partial charge in [-0.05, 0) is 42.7 Å². The smallest absolute Gasteiger partial charge is 0.255 e. The van der Waals surface area contributed by atoms with Gasteiger partial charge in [0.05, 0.1) is 0 Å². The normalized spacial score (nSPS) is 13.3. The van der Waals surface area contributed by atoms with E-state index in [1.54, 1.807) is 0 Å². The first-order chi connectivity index (χ1) is 9.33. The van der Waals surface area contributed by atoms with Gasteiger partial charge in [-0.2, -0.15) is 0 Å². The highest BCUT2D eigenvalue weighted by Crippen LogP contribution is 2.25. The van der Waals surface area contributed by atoms with Gasteiger partial charge in [-0.3, -0.25) is 4.79 Å². The lowest BCUT2D eigenvalue weighted by atomic mass is 10.0. The molecule has 1 amide bonds. The summed E-state index contributed by atoms with van der Waals surface area (Å²) >= 11 is 0. The Morgan fingerprint density at radius 3 is 2.79 bits per heavy atom. The molecule has 0 aromatic heterocycles. The minimum Gasteiger partial charge on any atom is -0.385 e. The molecule has 0 bridgehead atoms. The standard InChI is InChI=1S/C16H16N2O/c19-16(13-5-2-1-3-6-13)18-14-9-8-12-7-4-10-17-15(12)11-14/h1-3,5-6,8-9,11,17H,4,7,10H2,(H,18,19). The maximum absolute atomic E-state index is 12.1. The van der Waals surface area contributed by atoms with Gasteiger partial charge in [-0.1, -0.05) is 24.3 Å². The fourth-order valence-corrected chi connectivity index (χ4v) is 2.33. The molecule has 0 unspecified atom stereocenters. The zero-order valence-electron chi connectivity index (χ0n) is 10.6. The summed E-state index contributed by atoms with van der Waals surface area (Å²) in [5.74, 6) is -0.0728. The van der Waals surface area contributed by atoms with Crippen LogP contribution in [0.3, 0.4) is 0 Å². The van der Waals surface area contributed by atoms with E-state index < -0.39 is 0 Å². The van der Waals surface area contributed by atoms with Crippen molar-refractivity contribution in [1.29, 1.82) is 0 Å². The molecule has 0 fully saturated rings. The maximum Gasteiger partial charge on any atom is 0.255 e. The number of hydrogen-bond donors (Lipinski definition) is 2. The number of aryl methyl sites for hydroxylation is 1. The molecule has 19 heavy (non-hydrogen) atoms. The zero-order valence-corrected chi connectivity index (χ0v) is 10.6. The van der Waals surface area contributed by atoms with E-state index in [0.717, 1.165) is 24.3 Å². The molecule has 1 aliphatic heterocycles. The fraction of sp³-hybridized carbons (Fsp3) is 0.188. The van der Waals surface area contributed by atoms with Gasteiger partial charge in [-0.25, -0.2) is 0 Å². The van der Waals surface area contributed by atoms with Crippen molar-refractivity contribution in [2.75, 3.05) is 17.2 Å². The summed E-state index contributed by atoms with van der Waals surface area (Å²) in [5.41, 5.74) is 3.97. The number of fused-ring (bicyclic) bond motifs is 1. The molecule has 0 saturated carbocycles. The molecule has 2 N–H and O–H groups in total. The van der Waals surface area contributed by atoms with Gasteiger partial charge in [0.25, 0.3) is 5.91 Å². The van der Waals surface area contributed by atoms with E-state index in [1.807, 2.05) is 42.5 Å². The Bertz CT molecular complexity index is 593. The summed E-state index contributed by atoms with van der Waals surface area (Å²) in [6, 6.07) is 15.3. The first kappa shape index (κ1) is 11.8. The number of anilines is 2. The van der Waals surface area contributed by atoms with Gasteiger partial charge in [-0.15, -0.1) is 0 Å². The third-order valence-electron chi connectivity index (χ3n) is 3.34. The third kappa shape index (κ3) is 2.60. The van der Waals surface area contributed by atoms with Crippen molar-refractivity contribution in [1.82, 2.24) is 0 Å². The van der Waals surface area contributed by atoms with Crippen molar-refractivity contribution in [3.05, 3.63) is 59.7 Å². The predicted octanol–water partition coefficient (Wildman–Crippen LogP) is 3.30. The minimum atomic E-state index is -0.0728. The number of benzene rings is 2. The quantitative estimate of drug-likeness (QED) is 0.861. The molecule has 0 radical (unpaired) electrons. The lowest BCUT2D eigenvalue weighted by Gasteiger charge is -2.18. The van der Waals surface area contributed by atoms with Crippen molar-refractivity contribution in [2.24, 2.45) is 0 Å². The van der Waals surface area contributed by atoms with Crippen molar-refractivity contribution in [3.63, 3.8) is 0 Å². The number of nitrogens with one attached hydrogen (secondary N) is 2. The van der Waals surface area contributed by atoms with Gasteiger partial charge in [0.15, 0.2) is 0 Å². The van der Waals surface area contributed by atoms with Crippen molar-refractivity contribution >= 4 is 17.3 Å². The second-order valence-electron chi connectivity index (χ2n) is 4.72. The van der Waals surface area contributed by atoms with E-state index in [4.69, 9.17) is 0 Å². The molecule has 1 heterocycles. The zero-order chi connectivity index (χ0) is 13.1. The highest BCUT2D eigenvalue weighted by atomic mass is 16.1. The first-order valence-corrected chi connectivity index (χ1v) is 6.56. The molecule has 0 saturated heterocycles. The van der Waals surface area contributed by atoms with E-state index in [-0.39, 0.29) is 5.91 Å². The highest BCUT2D eigenvalue weighted by molar-refractivity contribution is 6.04. The number of hydrogen-bond acceptors (Lipinski definition) is 2. The molecule has 0 atom stereocenters. The van der Waals surface area contributed by atoms with Crippen molar-refractivity contribution < 1.29 is 4.79 Å². The van der Waals surface area contributed by atoms with Crippen LogP contribution in [0.1, 0.15) is 22.3 Å². The minimum absolute atomic E-state index is 0.0728. The van der Waals surface area contributed by atoms with E-state index >= 15 is 0 Å². The molecule has 3 nitrogen and oxygen atoms in total. The Labute approximate surface area is 112 Å². The topological polar surface area (TPSA) is 41.1 Å². The summed E-state index contributed by atoms with van der Waals surface area (Å²) in [7, 11) is 0. The van der Waals surface area contributed by atoms with Crippen LogP contribution in [0.4, 0.5) is 11.4 Å². The highest BCUT2D eigenvalue weighted by Gasteiger charge is 2.10. The largest absolute Gasteiger partial charge is 0.385 e. The number of carbonyl (C=O) groups excluding carboxylic acids is 1. The molecular weight excluding hydrogens is 236 g/mol. The molecule has 2 aromatic carbocycles. The van der Waals surface area contributed by atoms with Gasteiger partial charge in [0.2, 0.25) is 0 Å². The maximum atomic E-state index is 12.1. The fourth-order valence-electron chi connectivity index (χ4n) is 2.33. The number of carbonyl (C=O) groups is 1. The number of rotatable bonds is 2. The summed E-state index contributed by atoms with van der Waals surface area (Å²) in [6.07, 6.45) is 2.28. The van der Waals surface area contributed by atoms with Crippen molar-refractivity contribution in [3.8, 4) is 0 Å². The summed E-state index contributed by atoms with van der Waals surface area (Å²) in [4.78, 5) is 12.1. The van der Waals surface area contributed by atoms with Crippen molar-refractivity contribution in [2.45, 2.75) is 12.8 Å². The van der Waals surface area contributed by atoms with Crippen LogP contribution in [0.5, 0.6) is 0 Å². The van der Waals surface area contributed by atoms with Crippen LogP contribution in [0.25, 0.3) is 0 Å². The third-order valence-corrected chi connectivity index (χ3v) is 3.34. The van der Waals surface area contributed by atoms with Crippen LogP contribution in [-0.4, -0.2) is 12.5 Å². The summed E-state index contributed by atoms with van der Waals surface area (Å²) < 4.78 is 0. The molecule has 3 rings (SSSR count). The first-order valence-electron chi connectivity index (χ1n) is 6.56. The van der Waals surface area contributed by atoms with Crippen LogP contribution in [0, 0.1) is 0 Å². The lowest BCUT2D eigenvalue weighted by Crippen LogP contribution is -2.14. The average molecular weight is 252 g/mol. The second-order valence-corrected chi connectivity index (χ2v) is 4.72.